The second-order valence-corrected chi connectivity index (χ2v) is 8.13. The molecule has 0 unspecified atom stereocenters. The van der Waals surface area contributed by atoms with Crippen LogP contribution in [0.15, 0.2) is 77.0 Å². The second-order valence-electron chi connectivity index (χ2n) is 7.19. The molecule has 172 valence electrons. The molecule has 0 radical (unpaired) electrons. The highest BCUT2D eigenvalue weighted by Gasteiger charge is 2.13. The summed E-state index contributed by atoms with van der Waals surface area (Å²) >= 11 is 1.09. The monoisotopic (exact) mass is 476 g/mol. The van der Waals surface area contributed by atoms with E-state index in [2.05, 4.69) is 26.0 Å². The molecular weight excluding hydrogens is 456 g/mol. The molecule has 0 aliphatic rings. The zero-order chi connectivity index (χ0) is 24.1. The molecule has 4 rings (SSSR count). The van der Waals surface area contributed by atoms with Gasteiger partial charge in [0.1, 0.15) is 0 Å². The van der Waals surface area contributed by atoms with E-state index in [1.807, 2.05) is 49.4 Å². The Morgan fingerprint density at radius 3 is 2.59 bits per heavy atom. The van der Waals surface area contributed by atoms with Crippen molar-refractivity contribution in [3.8, 4) is 0 Å². The van der Waals surface area contributed by atoms with E-state index in [1.54, 1.807) is 0 Å². The van der Waals surface area contributed by atoms with Crippen molar-refractivity contribution in [1.29, 1.82) is 0 Å². The van der Waals surface area contributed by atoms with Gasteiger partial charge in [0.05, 0.1) is 16.4 Å². The number of nitro benzene ring substituents is 1. The van der Waals surface area contributed by atoms with Gasteiger partial charge in [-0.25, -0.2) is 10.1 Å². The van der Waals surface area contributed by atoms with E-state index in [-0.39, 0.29) is 23.3 Å². The number of hydrazone groups is 1. The molecule has 0 fully saturated rings. The summed E-state index contributed by atoms with van der Waals surface area (Å²) in [5, 5.41) is 28.2. The number of thioether (sulfide) groups is 1. The molecule has 11 nitrogen and oxygen atoms in total. The van der Waals surface area contributed by atoms with Crippen LogP contribution in [-0.2, 0) is 4.79 Å². The third-order valence-corrected chi connectivity index (χ3v) is 5.79. The van der Waals surface area contributed by atoms with Crippen LogP contribution in [-0.4, -0.2) is 37.2 Å². The summed E-state index contributed by atoms with van der Waals surface area (Å²) in [6.45, 7) is 1.87. The molecule has 0 aliphatic carbocycles. The average Bonchev–Trinajstić information content (AvgIpc) is 3.20. The van der Waals surface area contributed by atoms with Gasteiger partial charge >= 0.3 is 0 Å². The lowest BCUT2D eigenvalue weighted by molar-refractivity contribution is -0.384. The summed E-state index contributed by atoms with van der Waals surface area (Å²) in [5.74, 6) is 5.95. The predicted octanol–water partition coefficient (Wildman–Crippen LogP) is 3.62. The number of hydrogen-bond donors (Lipinski definition) is 3. The molecule has 0 bridgehead atoms. The highest BCUT2D eigenvalue weighted by molar-refractivity contribution is 7.99. The van der Waals surface area contributed by atoms with Crippen molar-refractivity contribution in [3.05, 3.63) is 82.4 Å². The number of fused-ring (bicyclic) bond motifs is 1. The predicted molar refractivity (Wildman–Crippen MR) is 132 cm³/mol. The maximum absolute atomic E-state index is 12.2. The average molecular weight is 477 g/mol. The van der Waals surface area contributed by atoms with Crippen LogP contribution in [0.1, 0.15) is 12.5 Å². The standard InChI is InChI=1S/C22H20N8O3S/c1-14(16-7-6-15-4-2-3-5-17(15)12-16)25-26-21-27-28-22(29(21)23)34-13-20(31)24-18-8-10-19(11-9-18)30(32)33/h2-12H,13,23H2,1H3,(H,24,31)(H,26,27)/b25-14+. The van der Waals surface area contributed by atoms with Crippen LogP contribution >= 0.6 is 11.8 Å². The van der Waals surface area contributed by atoms with E-state index >= 15 is 0 Å². The minimum absolute atomic E-state index is 0.0195. The molecule has 4 aromatic rings. The quantitative estimate of drug-likeness (QED) is 0.115. The first-order chi connectivity index (χ1) is 16.4. The lowest BCUT2D eigenvalue weighted by Crippen LogP contribution is -2.17. The molecule has 34 heavy (non-hydrogen) atoms. The number of carbonyl (C=O) groups excluding carboxylic acids is 1. The van der Waals surface area contributed by atoms with Gasteiger partial charge in [-0.2, -0.15) is 5.10 Å². The topological polar surface area (TPSA) is 153 Å². The second kappa shape index (κ2) is 10.0. The largest absolute Gasteiger partial charge is 0.334 e. The molecule has 1 heterocycles. The molecule has 12 heteroatoms. The van der Waals surface area contributed by atoms with E-state index in [0.29, 0.717) is 10.8 Å². The SMILES string of the molecule is C/C(=N\Nc1nnc(SCC(=O)Nc2ccc([N+](=O)[O-])cc2)n1N)c1ccc2ccccc2c1. The Morgan fingerprint density at radius 1 is 1.12 bits per heavy atom. The molecule has 0 saturated carbocycles. The van der Waals surface area contributed by atoms with Gasteiger partial charge in [0.15, 0.2) is 0 Å². The minimum atomic E-state index is -0.505. The van der Waals surface area contributed by atoms with E-state index in [1.165, 1.54) is 28.9 Å². The first-order valence-electron chi connectivity index (χ1n) is 10.1. The van der Waals surface area contributed by atoms with Gasteiger partial charge in [0.2, 0.25) is 11.1 Å². The number of nitrogen functional groups attached to an aromatic ring is 1. The van der Waals surface area contributed by atoms with Gasteiger partial charge < -0.3 is 11.2 Å². The van der Waals surface area contributed by atoms with Gasteiger partial charge in [0, 0.05) is 17.8 Å². The van der Waals surface area contributed by atoms with E-state index in [4.69, 9.17) is 5.84 Å². The van der Waals surface area contributed by atoms with E-state index < -0.39 is 4.92 Å². The zero-order valence-corrected chi connectivity index (χ0v) is 18.8. The fraction of sp³-hybridized carbons (Fsp3) is 0.0909. The van der Waals surface area contributed by atoms with Gasteiger partial charge in [0.25, 0.3) is 11.6 Å². The molecule has 0 atom stereocenters. The van der Waals surface area contributed by atoms with Crippen molar-refractivity contribution in [2.75, 3.05) is 22.3 Å². The number of hydrogen-bond acceptors (Lipinski definition) is 9. The van der Waals surface area contributed by atoms with E-state index in [0.717, 1.165) is 33.8 Å². The van der Waals surface area contributed by atoms with Crippen LogP contribution in [0.2, 0.25) is 0 Å². The Hall–Kier alpha value is -4.45. The minimum Gasteiger partial charge on any atom is -0.334 e. The fourth-order valence-corrected chi connectivity index (χ4v) is 3.71. The number of nitrogens with two attached hydrogens (primary N) is 1. The van der Waals surface area contributed by atoms with Gasteiger partial charge in [-0.05, 0) is 41.5 Å². The number of aromatic nitrogens is 3. The number of rotatable bonds is 8. The summed E-state index contributed by atoms with van der Waals surface area (Å²) in [4.78, 5) is 22.4. The summed E-state index contributed by atoms with van der Waals surface area (Å²) in [6.07, 6.45) is 0. The zero-order valence-electron chi connectivity index (χ0n) is 18.0. The summed E-state index contributed by atoms with van der Waals surface area (Å²) in [7, 11) is 0. The third kappa shape index (κ3) is 5.30. The lowest BCUT2D eigenvalue weighted by atomic mass is 10.0. The van der Waals surface area contributed by atoms with E-state index in [9.17, 15) is 14.9 Å². The molecule has 1 amide bonds. The van der Waals surface area contributed by atoms with Crippen molar-refractivity contribution in [2.45, 2.75) is 12.1 Å². The lowest BCUT2D eigenvalue weighted by Gasteiger charge is -2.06. The first kappa shape index (κ1) is 22.7. The van der Waals surface area contributed by atoms with Crippen molar-refractivity contribution in [2.24, 2.45) is 5.10 Å². The molecule has 0 spiro atoms. The summed E-state index contributed by atoms with van der Waals surface area (Å²) in [6, 6.07) is 19.7. The Balaban J connectivity index is 1.34. The van der Waals surface area contributed by atoms with Crippen molar-refractivity contribution < 1.29 is 9.72 Å². The Labute approximate surface area is 198 Å². The van der Waals surface area contributed by atoms with Crippen LogP contribution in [0, 0.1) is 10.1 Å². The Bertz CT molecular complexity index is 1380. The van der Waals surface area contributed by atoms with Crippen LogP contribution in [0.25, 0.3) is 10.8 Å². The smallest absolute Gasteiger partial charge is 0.269 e. The highest BCUT2D eigenvalue weighted by Crippen LogP contribution is 2.20. The fourth-order valence-electron chi connectivity index (χ4n) is 3.06. The molecule has 4 N–H and O–H groups in total. The van der Waals surface area contributed by atoms with Crippen LogP contribution in [0.3, 0.4) is 0 Å². The maximum Gasteiger partial charge on any atom is 0.269 e. The number of anilines is 2. The molecule has 0 saturated heterocycles. The van der Waals surface area contributed by atoms with Crippen LogP contribution < -0.4 is 16.6 Å². The molecule has 1 aromatic heterocycles. The number of amides is 1. The van der Waals surface area contributed by atoms with Gasteiger partial charge in [-0.3, -0.25) is 14.9 Å². The highest BCUT2D eigenvalue weighted by atomic mass is 32.2. The van der Waals surface area contributed by atoms with Crippen LogP contribution in [0.4, 0.5) is 17.3 Å². The number of non-ortho nitro benzene ring substituents is 1. The van der Waals surface area contributed by atoms with Crippen LogP contribution in [0.5, 0.6) is 0 Å². The normalized spacial score (nSPS) is 11.4. The van der Waals surface area contributed by atoms with Crippen molar-refractivity contribution in [3.63, 3.8) is 0 Å². The van der Waals surface area contributed by atoms with Crippen molar-refractivity contribution in [1.82, 2.24) is 14.9 Å². The molecular formula is C22H20N8O3S. The summed E-state index contributed by atoms with van der Waals surface area (Å²) in [5.41, 5.74) is 4.89. The maximum atomic E-state index is 12.2. The Morgan fingerprint density at radius 2 is 1.85 bits per heavy atom. The third-order valence-electron chi connectivity index (χ3n) is 4.85. The number of benzene rings is 3. The van der Waals surface area contributed by atoms with Gasteiger partial charge in [-0.15, -0.1) is 10.2 Å². The Kier molecular flexibility index (Phi) is 6.69. The molecule has 3 aromatic carbocycles. The number of carbonyl (C=O) groups is 1. The van der Waals surface area contributed by atoms with Crippen molar-refractivity contribution >= 4 is 51.5 Å². The first-order valence-corrected chi connectivity index (χ1v) is 11.1. The number of nitrogens with zero attached hydrogens (tertiary/aromatic N) is 5. The number of nitrogens with one attached hydrogen (secondary N) is 2. The number of nitro groups is 1. The summed E-state index contributed by atoms with van der Waals surface area (Å²) < 4.78 is 1.21. The van der Waals surface area contributed by atoms with Gasteiger partial charge in [-0.1, -0.05) is 48.2 Å². The molecule has 0 aliphatic heterocycles.